The molecule has 1 aliphatic heterocycles. The number of piperidine rings is 1. The minimum atomic E-state index is -0.202. The van der Waals surface area contributed by atoms with Crippen LogP contribution in [0.1, 0.15) is 56.9 Å². The number of amides is 1. The van der Waals surface area contributed by atoms with Crippen molar-refractivity contribution in [2.75, 3.05) is 13.1 Å². The van der Waals surface area contributed by atoms with Crippen LogP contribution in [0.15, 0.2) is 24.3 Å². The Morgan fingerprint density at radius 3 is 2.75 bits per heavy atom. The quantitative estimate of drug-likeness (QED) is 0.865. The van der Waals surface area contributed by atoms with Crippen molar-refractivity contribution in [2.45, 2.75) is 57.4 Å². The molecular weight excluding hydrogens is 303 g/mol. The molecule has 2 fully saturated rings. The second kappa shape index (κ2) is 8.11. The molecule has 0 radical (unpaired) electrons. The molecule has 1 aliphatic carbocycles. The molecule has 0 unspecified atom stereocenters. The maximum atomic E-state index is 13.1. The van der Waals surface area contributed by atoms with E-state index in [2.05, 4.69) is 17.6 Å². The zero-order chi connectivity index (χ0) is 16.9. The Hall–Kier alpha value is -1.42. The van der Waals surface area contributed by atoms with Crippen molar-refractivity contribution in [1.29, 1.82) is 0 Å². The number of carbonyl (C=O) groups excluding carboxylic acids is 1. The van der Waals surface area contributed by atoms with Gasteiger partial charge in [-0.2, -0.15) is 0 Å². The van der Waals surface area contributed by atoms with E-state index in [1.807, 2.05) is 12.1 Å². The van der Waals surface area contributed by atoms with Gasteiger partial charge < -0.3 is 10.6 Å². The maximum absolute atomic E-state index is 13.1. The highest BCUT2D eigenvalue weighted by Gasteiger charge is 2.30. The molecule has 4 atom stereocenters. The second-order valence-electron chi connectivity index (χ2n) is 7.55. The number of hydrogen-bond donors (Lipinski definition) is 2. The molecule has 132 valence electrons. The molecule has 2 aliphatic rings. The summed E-state index contributed by atoms with van der Waals surface area (Å²) in [5.41, 5.74) is 1.14. The molecule has 1 saturated carbocycles. The largest absolute Gasteiger partial charge is 0.353 e. The van der Waals surface area contributed by atoms with Gasteiger partial charge in [0.15, 0.2) is 0 Å². The summed E-state index contributed by atoms with van der Waals surface area (Å²) in [5, 5.41) is 6.69. The Balaban J connectivity index is 1.53. The summed E-state index contributed by atoms with van der Waals surface area (Å²) in [7, 11) is 0. The molecule has 2 N–H and O–H groups in total. The fourth-order valence-corrected chi connectivity index (χ4v) is 4.33. The van der Waals surface area contributed by atoms with Gasteiger partial charge in [-0.15, -0.1) is 0 Å². The Bertz CT molecular complexity index is 539. The normalized spacial score (nSPS) is 28.5. The predicted octanol–water partition coefficient (Wildman–Crippen LogP) is 3.60. The van der Waals surface area contributed by atoms with Gasteiger partial charge in [0.05, 0.1) is 0 Å². The van der Waals surface area contributed by atoms with Gasteiger partial charge in [0.25, 0.3) is 0 Å². The Morgan fingerprint density at radius 1 is 1.25 bits per heavy atom. The Kier molecular flexibility index (Phi) is 5.88. The number of rotatable bonds is 5. The smallest absolute Gasteiger partial charge is 0.220 e. The molecule has 0 spiro atoms. The first-order chi connectivity index (χ1) is 11.6. The highest BCUT2D eigenvalue weighted by atomic mass is 19.1. The first-order valence-corrected chi connectivity index (χ1v) is 9.39. The van der Waals surface area contributed by atoms with Gasteiger partial charge in [-0.25, -0.2) is 4.39 Å². The molecule has 0 aromatic heterocycles. The third kappa shape index (κ3) is 4.35. The highest BCUT2D eigenvalue weighted by Crippen LogP contribution is 2.35. The molecule has 1 heterocycles. The molecule has 1 saturated heterocycles. The van der Waals surface area contributed by atoms with E-state index in [4.69, 9.17) is 0 Å². The summed E-state index contributed by atoms with van der Waals surface area (Å²) in [4.78, 5) is 12.5. The molecule has 1 amide bonds. The topological polar surface area (TPSA) is 41.1 Å². The predicted molar refractivity (Wildman–Crippen MR) is 94.3 cm³/mol. The lowest BCUT2D eigenvalue weighted by Crippen LogP contribution is -2.39. The van der Waals surface area contributed by atoms with Crippen LogP contribution < -0.4 is 10.6 Å². The average molecular weight is 332 g/mol. The van der Waals surface area contributed by atoms with Gasteiger partial charge in [-0.05, 0) is 68.3 Å². The maximum Gasteiger partial charge on any atom is 0.220 e. The molecule has 1 aromatic rings. The van der Waals surface area contributed by atoms with Gasteiger partial charge >= 0.3 is 0 Å². The van der Waals surface area contributed by atoms with Crippen LogP contribution in [0.4, 0.5) is 4.39 Å². The van der Waals surface area contributed by atoms with Gasteiger partial charge in [0.1, 0.15) is 5.82 Å². The van der Waals surface area contributed by atoms with Crippen molar-refractivity contribution in [1.82, 2.24) is 10.6 Å². The van der Waals surface area contributed by atoms with Crippen molar-refractivity contribution in [3.05, 3.63) is 35.6 Å². The van der Waals surface area contributed by atoms with Gasteiger partial charge in [-0.1, -0.05) is 25.5 Å². The summed E-state index contributed by atoms with van der Waals surface area (Å²) in [6.45, 7) is 4.34. The summed E-state index contributed by atoms with van der Waals surface area (Å²) in [6.07, 6.45) is 6.26. The average Bonchev–Trinajstić information content (AvgIpc) is 3.04. The second-order valence-corrected chi connectivity index (χ2v) is 7.55. The number of carbonyl (C=O) groups is 1. The van der Waals surface area contributed by atoms with E-state index >= 15 is 0 Å². The van der Waals surface area contributed by atoms with E-state index in [9.17, 15) is 9.18 Å². The molecule has 4 heteroatoms. The molecular formula is C20H29FN2O. The first kappa shape index (κ1) is 17.4. The van der Waals surface area contributed by atoms with E-state index < -0.39 is 0 Å². The van der Waals surface area contributed by atoms with Crippen LogP contribution in [-0.4, -0.2) is 25.0 Å². The summed E-state index contributed by atoms with van der Waals surface area (Å²) in [5.74, 6) is 1.32. The van der Waals surface area contributed by atoms with Gasteiger partial charge in [0, 0.05) is 18.4 Å². The number of hydrogen-bond acceptors (Lipinski definition) is 2. The molecule has 3 nitrogen and oxygen atoms in total. The molecule has 3 rings (SSSR count). The monoisotopic (exact) mass is 332 g/mol. The Morgan fingerprint density at radius 2 is 2.04 bits per heavy atom. The minimum Gasteiger partial charge on any atom is -0.353 e. The summed E-state index contributed by atoms with van der Waals surface area (Å²) in [6, 6.07) is 6.95. The van der Waals surface area contributed by atoms with Crippen LogP contribution in [-0.2, 0) is 4.79 Å². The van der Waals surface area contributed by atoms with E-state index in [1.54, 1.807) is 0 Å². The lowest BCUT2D eigenvalue weighted by Gasteiger charge is -2.29. The third-order valence-corrected chi connectivity index (χ3v) is 5.81. The van der Waals surface area contributed by atoms with Crippen LogP contribution in [0, 0.1) is 17.7 Å². The van der Waals surface area contributed by atoms with Gasteiger partial charge in [0.2, 0.25) is 5.91 Å². The zero-order valence-corrected chi connectivity index (χ0v) is 14.6. The number of nitrogens with one attached hydrogen (secondary N) is 2. The van der Waals surface area contributed by atoms with Crippen LogP contribution in [0.2, 0.25) is 0 Å². The minimum absolute atomic E-state index is 0.173. The summed E-state index contributed by atoms with van der Waals surface area (Å²) >= 11 is 0. The van der Waals surface area contributed by atoms with E-state index in [0.29, 0.717) is 24.2 Å². The highest BCUT2D eigenvalue weighted by molar-refractivity contribution is 5.76. The lowest BCUT2D eigenvalue weighted by molar-refractivity contribution is -0.123. The van der Waals surface area contributed by atoms with Crippen molar-refractivity contribution in [3.8, 4) is 0 Å². The zero-order valence-electron chi connectivity index (χ0n) is 14.6. The van der Waals surface area contributed by atoms with E-state index in [0.717, 1.165) is 37.9 Å². The van der Waals surface area contributed by atoms with Crippen molar-refractivity contribution < 1.29 is 9.18 Å². The first-order valence-electron chi connectivity index (χ1n) is 9.39. The summed E-state index contributed by atoms with van der Waals surface area (Å²) < 4.78 is 13.1. The molecule has 24 heavy (non-hydrogen) atoms. The number of halogens is 1. The third-order valence-electron chi connectivity index (χ3n) is 5.81. The molecule has 0 bridgehead atoms. The van der Waals surface area contributed by atoms with E-state index in [1.165, 1.54) is 25.0 Å². The van der Waals surface area contributed by atoms with Crippen molar-refractivity contribution >= 4 is 5.91 Å². The number of benzene rings is 1. The van der Waals surface area contributed by atoms with Crippen LogP contribution in [0.5, 0.6) is 0 Å². The molecule has 1 aromatic carbocycles. The van der Waals surface area contributed by atoms with Crippen LogP contribution in [0.3, 0.4) is 0 Å². The Labute approximate surface area is 144 Å². The van der Waals surface area contributed by atoms with Crippen LogP contribution >= 0.6 is 0 Å². The standard InChI is InChI=1S/C20H29FN2O/c1-14(16-4-3-11-22-13-16)12-20(24)23-19-6-2-5-18(19)15-7-9-17(21)10-8-15/h7-10,14,16,18-19,22H,2-6,11-13H2,1H3,(H,23,24)/t14-,16-,18-,19-/m1/s1. The van der Waals surface area contributed by atoms with Gasteiger partial charge in [-0.3, -0.25) is 4.79 Å². The van der Waals surface area contributed by atoms with E-state index in [-0.39, 0.29) is 17.8 Å². The SMILES string of the molecule is C[C@H](CC(=O)N[C@@H]1CCC[C@@H]1c1ccc(F)cc1)[C@@H]1CCCNC1. The lowest BCUT2D eigenvalue weighted by atomic mass is 9.85. The fraction of sp³-hybridized carbons (Fsp3) is 0.650. The fourth-order valence-electron chi connectivity index (χ4n) is 4.33. The van der Waals surface area contributed by atoms with Crippen LogP contribution in [0.25, 0.3) is 0 Å². The van der Waals surface area contributed by atoms with Crippen molar-refractivity contribution in [3.63, 3.8) is 0 Å². The van der Waals surface area contributed by atoms with Crippen molar-refractivity contribution in [2.24, 2.45) is 11.8 Å².